The first-order valence-electron chi connectivity index (χ1n) is 19.0. The quantitative estimate of drug-likeness (QED) is 0.0232. The van der Waals surface area contributed by atoms with Gasteiger partial charge in [0.05, 0.1) is 20.3 Å². The zero-order valence-electron chi connectivity index (χ0n) is 36.0. The number of hydrogen-bond acceptors (Lipinski definition) is 11. The van der Waals surface area contributed by atoms with E-state index in [1.54, 1.807) is 21.1 Å². The van der Waals surface area contributed by atoms with Gasteiger partial charge in [-0.3, -0.25) is 19.4 Å². The number of carbonyl (C=O) groups is 5. The molecular formula is C42H68N7O8P. The minimum atomic E-state index is -0.613. The molecule has 3 atom stereocenters. The van der Waals surface area contributed by atoms with Gasteiger partial charge in [-0.2, -0.15) is 5.10 Å². The number of aldehydes is 2. The van der Waals surface area contributed by atoms with Crippen molar-refractivity contribution in [3.05, 3.63) is 78.4 Å². The minimum absolute atomic E-state index is 0.0417. The Hall–Kier alpha value is -4.79. The van der Waals surface area contributed by atoms with Crippen LogP contribution in [0.2, 0.25) is 0 Å². The summed E-state index contributed by atoms with van der Waals surface area (Å²) in [5.74, 6) is 11.3. The van der Waals surface area contributed by atoms with E-state index in [4.69, 9.17) is 25.7 Å². The van der Waals surface area contributed by atoms with Crippen LogP contribution >= 0.6 is 8.15 Å². The smallest absolute Gasteiger partial charge is 0.252 e. The van der Waals surface area contributed by atoms with Crippen molar-refractivity contribution in [3.8, 4) is 0 Å². The number of nitrogens with zero attached hydrogens (tertiary/aromatic N) is 2. The molecule has 3 rings (SSSR count). The second-order valence-electron chi connectivity index (χ2n) is 13.6. The monoisotopic (exact) mass is 829 g/mol. The predicted molar refractivity (Wildman–Crippen MR) is 236 cm³/mol. The molecule has 0 aliphatic carbocycles. The number of amidine groups is 1. The number of rotatable bonds is 17. The van der Waals surface area contributed by atoms with Gasteiger partial charge in [0, 0.05) is 50.0 Å². The fourth-order valence-corrected chi connectivity index (χ4v) is 5.18. The highest BCUT2D eigenvalue weighted by atomic mass is 31.1. The maximum Gasteiger partial charge on any atom is 0.252 e. The highest BCUT2D eigenvalue weighted by Crippen LogP contribution is 2.29. The summed E-state index contributed by atoms with van der Waals surface area (Å²) in [5.41, 5.74) is 0.706. The van der Waals surface area contributed by atoms with Crippen molar-refractivity contribution < 1.29 is 38.0 Å². The molecule has 3 unspecified atom stereocenters. The lowest BCUT2D eigenvalue weighted by Crippen LogP contribution is -2.41. The van der Waals surface area contributed by atoms with Crippen molar-refractivity contribution in [2.45, 2.75) is 91.8 Å². The molecule has 0 heterocycles. The molecular weight excluding hydrogens is 761 g/mol. The van der Waals surface area contributed by atoms with E-state index in [9.17, 15) is 24.0 Å². The molecule has 0 aromatic heterocycles. The van der Waals surface area contributed by atoms with Gasteiger partial charge in [-0.05, 0) is 64.5 Å². The fraction of sp³-hybridized carbons (Fsp3) is 0.476. The van der Waals surface area contributed by atoms with Crippen molar-refractivity contribution >= 4 is 60.9 Å². The second-order valence-corrected chi connectivity index (χ2v) is 15.3. The molecule has 7 N–H and O–H groups in total. The van der Waals surface area contributed by atoms with E-state index in [1.165, 1.54) is 11.4 Å². The molecule has 3 amide bonds. The van der Waals surface area contributed by atoms with Crippen LogP contribution in [-0.2, 0) is 33.2 Å². The number of nitrogens with one attached hydrogen (secondary N) is 3. The van der Waals surface area contributed by atoms with Gasteiger partial charge in [-0.25, -0.2) is 5.84 Å². The fourth-order valence-electron chi connectivity index (χ4n) is 4.16. The van der Waals surface area contributed by atoms with E-state index in [1.807, 2.05) is 107 Å². The third kappa shape index (κ3) is 27.7. The maximum absolute atomic E-state index is 12.6. The van der Waals surface area contributed by atoms with Crippen LogP contribution in [-0.4, -0.2) is 100 Å². The van der Waals surface area contributed by atoms with Gasteiger partial charge in [0.15, 0.2) is 0 Å². The molecule has 0 fully saturated rings. The van der Waals surface area contributed by atoms with Crippen molar-refractivity contribution in [1.29, 1.82) is 0 Å². The molecule has 0 bridgehead atoms. The van der Waals surface area contributed by atoms with Gasteiger partial charge in [0.1, 0.15) is 31.7 Å². The van der Waals surface area contributed by atoms with Crippen molar-refractivity contribution in [3.63, 3.8) is 0 Å². The maximum atomic E-state index is 12.6. The Morgan fingerprint density at radius 1 is 0.897 bits per heavy atom. The van der Waals surface area contributed by atoms with Crippen LogP contribution in [0.15, 0.2) is 77.9 Å². The molecule has 0 saturated heterocycles. The lowest BCUT2D eigenvalue weighted by Gasteiger charge is -2.20. The van der Waals surface area contributed by atoms with Crippen LogP contribution in [0.5, 0.6) is 0 Å². The molecule has 0 radical (unpaired) electrons. The Labute approximate surface area is 346 Å². The van der Waals surface area contributed by atoms with Gasteiger partial charge in [0.25, 0.3) is 5.91 Å². The Morgan fingerprint density at radius 3 is 2.02 bits per heavy atom. The summed E-state index contributed by atoms with van der Waals surface area (Å²) in [6.07, 6.45) is 4.69. The van der Waals surface area contributed by atoms with Crippen molar-refractivity contribution in [1.82, 2.24) is 21.0 Å². The average Bonchev–Trinajstić information content (AvgIpc) is 3.20. The van der Waals surface area contributed by atoms with E-state index in [0.717, 1.165) is 28.6 Å². The Balaban J connectivity index is 0. The number of hydrazine groups is 1. The molecule has 0 spiro atoms. The highest BCUT2D eigenvalue weighted by molar-refractivity contribution is 7.60. The first kappa shape index (κ1) is 55.3. The minimum Gasteiger partial charge on any atom is -0.379 e. The normalized spacial score (nSPS) is 12.0. The van der Waals surface area contributed by atoms with Crippen LogP contribution in [0, 0.1) is 0 Å². The van der Waals surface area contributed by atoms with Gasteiger partial charge < -0.3 is 45.4 Å². The van der Waals surface area contributed by atoms with Crippen LogP contribution in [0.1, 0.15) is 84.5 Å². The topological polar surface area (TPSA) is 217 Å². The molecule has 15 nitrogen and oxygen atoms in total. The Morgan fingerprint density at radius 2 is 1.48 bits per heavy atom. The number of hydrazone groups is 1. The number of hydrogen-bond donors (Lipinski definition) is 5. The number of nitrogens with two attached hydrogens (primary N) is 2. The molecule has 324 valence electrons. The SMILES string of the molecule is CC(CC=O)NC(=O)CNC=O.CCC.COC(C)(C)C.COCN(N)/C(CCC(C)NC(=O)c1cccc2ccccc12)=N\N.CP(OCC=O)c1ccccc1. The van der Waals surface area contributed by atoms with Crippen LogP contribution in [0.4, 0.5) is 0 Å². The van der Waals surface area contributed by atoms with E-state index in [-0.39, 0.29) is 55.8 Å². The van der Waals surface area contributed by atoms with Crippen molar-refractivity contribution in [2.24, 2.45) is 16.8 Å². The first-order chi connectivity index (χ1) is 27.6. The lowest BCUT2D eigenvalue weighted by atomic mass is 10.0. The van der Waals surface area contributed by atoms with Crippen LogP contribution in [0.25, 0.3) is 10.8 Å². The summed E-state index contributed by atoms with van der Waals surface area (Å²) in [6, 6.07) is 23.2. The third-order valence-electron chi connectivity index (χ3n) is 7.23. The van der Waals surface area contributed by atoms with Gasteiger partial charge in [0.2, 0.25) is 12.3 Å². The molecule has 16 heteroatoms. The number of ether oxygens (including phenoxy) is 2. The molecule has 3 aromatic rings. The van der Waals surface area contributed by atoms with Gasteiger partial charge >= 0.3 is 0 Å². The van der Waals surface area contributed by atoms with Gasteiger partial charge in [-0.15, -0.1) is 0 Å². The van der Waals surface area contributed by atoms with Crippen molar-refractivity contribution in [2.75, 3.05) is 40.8 Å². The zero-order valence-corrected chi connectivity index (χ0v) is 36.9. The van der Waals surface area contributed by atoms with E-state index in [0.29, 0.717) is 30.7 Å². The number of amides is 3. The van der Waals surface area contributed by atoms with Crippen LogP contribution < -0.4 is 32.9 Å². The van der Waals surface area contributed by atoms with Gasteiger partial charge in [-0.1, -0.05) is 87.0 Å². The molecule has 58 heavy (non-hydrogen) atoms. The summed E-state index contributed by atoms with van der Waals surface area (Å²) < 4.78 is 15.2. The number of benzene rings is 3. The summed E-state index contributed by atoms with van der Waals surface area (Å²) in [5, 5.41) is 15.9. The van der Waals surface area contributed by atoms with Crippen LogP contribution in [0.3, 0.4) is 0 Å². The Bertz CT molecular complexity index is 1590. The largest absolute Gasteiger partial charge is 0.379 e. The molecule has 3 aromatic carbocycles. The zero-order chi connectivity index (χ0) is 44.4. The van der Waals surface area contributed by atoms with E-state index in [2.05, 4.69) is 34.9 Å². The summed E-state index contributed by atoms with van der Waals surface area (Å²) in [7, 11) is 2.64. The van der Waals surface area contributed by atoms with E-state index >= 15 is 0 Å². The summed E-state index contributed by atoms with van der Waals surface area (Å²) >= 11 is 0. The number of methoxy groups -OCH3 is 2. The lowest BCUT2D eigenvalue weighted by molar-refractivity contribution is -0.122. The summed E-state index contributed by atoms with van der Waals surface area (Å²) in [6.45, 7) is 16.3. The third-order valence-corrected chi connectivity index (χ3v) is 8.79. The summed E-state index contributed by atoms with van der Waals surface area (Å²) in [4.78, 5) is 53.2. The number of carbonyl (C=O) groups excluding carboxylic acids is 5. The standard InChI is InChI=1S/C18H25N5O2.C9H11O2P.C7H12N2O3.C5H12O.C3H8/c1-13(10-11-17(22-19)23(20)12-25-2)21-18(24)16-9-5-7-14-6-3-4-8-15(14)16;1-12(11-8-7-10)9-5-3-2-4-6-9;1-6(2-3-10)9-7(12)4-8-5-11;1-5(2,3)6-4;1-3-2/h3-9,13H,10-12,19-20H2,1-2H3,(H,21,24);2-7H,8H2,1H3;3,5-6H,2,4H2,1H3,(H,8,11)(H,9,12);1-4H3;3H2,1-2H3/b22-17-;;;;. The second kappa shape index (κ2) is 34.3. The average molecular weight is 830 g/mol. The first-order valence-corrected chi connectivity index (χ1v) is 20.7. The number of fused-ring (bicyclic) bond motifs is 1. The molecule has 0 saturated carbocycles. The van der Waals surface area contributed by atoms with E-state index < -0.39 is 8.15 Å². The predicted octanol–water partition coefficient (Wildman–Crippen LogP) is 5.02. The highest BCUT2D eigenvalue weighted by Gasteiger charge is 2.15. The Kier molecular flexibility index (Phi) is 32.7. The molecule has 0 aliphatic rings. The molecule has 0 aliphatic heterocycles.